The average molecular weight is 377 g/mol. The summed E-state index contributed by atoms with van der Waals surface area (Å²) in [6.07, 6.45) is 1.97. The molecule has 4 rings (SSSR count). The molecule has 0 atom stereocenters. The standard InChI is InChI=1S/C21H15BrNO/c22-17-10-7-16(8-11-17)21(24)14-23-13-3-6-19-18-5-2-1-4-15(18)9-12-20(19)23/h1-13H,14H2/q+1. The Morgan fingerprint density at radius 1 is 0.833 bits per heavy atom. The van der Waals surface area contributed by atoms with Crippen LogP contribution in [0.2, 0.25) is 0 Å². The zero-order valence-electron chi connectivity index (χ0n) is 12.9. The van der Waals surface area contributed by atoms with Gasteiger partial charge in [-0.05, 0) is 35.0 Å². The van der Waals surface area contributed by atoms with Crippen LogP contribution in [-0.2, 0) is 6.54 Å². The summed E-state index contributed by atoms with van der Waals surface area (Å²) in [5, 5.41) is 3.58. The highest BCUT2D eigenvalue weighted by Crippen LogP contribution is 2.23. The molecular formula is C21H15BrNO+. The van der Waals surface area contributed by atoms with Crippen molar-refractivity contribution < 1.29 is 9.36 Å². The molecule has 0 amide bonds. The van der Waals surface area contributed by atoms with E-state index < -0.39 is 0 Å². The fraction of sp³-hybridized carbons (Fsp3) is 0.0476. The Morgan fingerprint density at radius 2 is 1.58 bits per heavy atom. The van der Waals surface area contributed by atoms with Crippen LogP contribution in [0.1, 0.15) is 10.4 Å². The van der Waals surface area contributed by atoms with Gasteiger partial charge < -0.3 is 0 Å². The summed E-state index contributed by atoms with van der Waals surface area (Å²) >= 11 is 3.40. The number of halogens is 1. The number of hydrogen-bond acceptors (Lipinski definition) is 1. The van der Waals surface area contributed by atoms with Crippen molar-refractivity contribution in [3.05, 3.63) is 89.0 Å². The molecular weight excluding hydrogens is 362 g/mol. The summed E-state index contributed by atoms with van der Waals surface area (Å²) in [5.41, 5.74) is 1.80. The van der Waals surface area contributed by atoms with E-state index in [0.717, 1.165) is 15.6 Å². The van der Waals surface area contributed by atoms with E-state index >= 15 is 0 Å². The molecule has 4 aromatic rings. The van der Waals surface area contributed by atoms with Crippen LogP contribution < -0.4 is 4.57 Å². The van der Waals surface area contributed by atoms with Crippen LogP contribution in [0.25, 0.3) is 21.7 Å². The zero-order valence-corrected chi connectivity index (χ0v) is 14.5. The van der Waals surface area contributed by atoms with Crippen LogP contribution in [0, 0.1) is 0 Å². The number of carbonyl (C=O) groups excluding carboxylic acids is 1. The third kappa shape index (κ3) is 2.72. The topological polar surface area (TPSA) is 20.9 Å². The molecule has 0 saturated heterocycles. The number of hydrogen-bond donors (Lipinski definition) is 0. The second-order valence-corrected chi connectivity index (χ2v) is 6.70. The first-order chi connectivity index (χ1) is 11.7. The van der Waals surface area contributed by atoms with E-state index in [2.05, 4.69) is 46.3 Å². The van der Waals surface area contributed by atoms with E-state index in [1.54, 1.807) is 0 Å². The minimum Gasteiger partial charge on any atom is -0.287 e. The third-order valence-electron chi connectivity index (χ3n) is 4.27. The lowest BCUT2D eigenvalue weighted by Crippen LogP contribution is -2.38. The summed E-state index contributed by atoms with van der Waals surface area (Å²) in [7, 11) is 0. The second kappa shape index (κ2) is 6.17. The summed E-state index contributed by atoms with van der Waals surface area (Å²) in [6, 6.07) is 24.1. The maximum absolute atomic E-state index is 12.6. The van der Waals surface area contributed by atoms with Gasteiger partial charge >= 0.3 is 0 Å². The SMILES string of the molecule is O=C(C[n+]1cccc2c3ccccc3ccc21)c1ccc(Br)cc1. The van der Waals surface area contributed by atoms with Gasteiger partial charge in [-0.2, -0.15) is 4.57 Å². The molecule has 3 aromatic carbocycles. The largest absolute Gasteiger partial charge is 0.287 e. The molecule has 0 aliphatic rings. The molecule has 0 saturated carbocycles. The minimum atomic E-state index is 0.105. The molecule has 3 heteroatoms. The van der Waals surface area contributed by atoms with Crippen molar-refractivity contribution in [1.29, 1.82) is 0 Å². The maximum atomic E-state index is 12.6. The van der Waals surface area contributed by atoms with Crippen molar-refractivity contribution in [1.82, 2.24) is 0 Å². The van der Waals surface area contributed by atoms with Crippen molar-refractivity contribution in [3.8, 4) is 0 Å². The van der Waals surface area contributed by atoms with Crippen molar-refractivity contribution in [2.24, 2.45) is 0 Å². The first-order valence-corrected chi connectivity index (χ1v) is 8.60. The summed E-state index contributed by atoms with van der Waals surface area (Å²) in [4.78, 5) is 12.6. The number of ketones is 1. The number of carbonyl (C=O) groups is 1. The molecule has 0 spiro atoms. The van der Waals surface area contributed by atoms with E-state index in [0.29, 0.717) is 6.54 Å². The van der Waals surface area contributed by atoms with Crippen LogP contribution in [-0.4, -0.2) is 5.78 Å². The number of rotatable bonds is 3. The van der Waals surface area contributed by atoms with E-state index in [1.165, 1.54) is 16.2 Å². The van der Waals surface area contributed by atoms with Crippen LogP contribution >= 0.6 is 15.9 Å². The van der Waals surface area contributed by atoms with Gasteiger partial charge in [0.05, 0.1) is 5.39 Å². The number of pyridine rings is 1. The third-order valence-corrected chi connectivity index (χ3v) is 4.79. The van der Waals surface area contributed by atoms with E-state index in [9.17, 15) is 4.79 Å². The number of nitrogens with zero attached hydrogens (tertiary/aromatic N) is 1. The normalized spacial score (nSPS) is 11.0. The predicted molar refractivity (Wildman–Crippen MR) is 100 cm³/mol. The van der Waals surface area contributed by atoms with E-state index in [4.69, 9.17) is 0 Å². The highest BCUT2D eigenvalue weighted by molar-refractivity contribution is 9.10. The molecule has 0 fully saturated rings. The molecule has 2 nitrogen and oxygen atoms in total. The summed E-state index contributed by atoms with van der Waals surface area (Å²) < 4.78 is 3.00. The molecule has 0 unspecified atom stereocenters. The van der Waals surface area contributed by atoms with Gasteiger partial charge in [-0.1, -0.05) is 52.3 Å². The highest BCUT2D eigenvalue weighted by Gasteiger charge is 2.16. The molecule has 0 bridgehead atoms. The Bertz CT molecular complexity index is 1050. The number of Topliss-reactive ketones (excluding diaryl/α,β-unsaturated/α-hetero) is 1. The predicted octanol–water partition coefficient (Wildman–Crippen LogP) is 4.93. The molecule has 1 aromatic heterocycles. The zero-order chi connectivity index (χ0) is 16.5. The molecule has 0 aliphatic heterocycles. The van der Waals surface area contributed by atoms with Gasteiger partial charge in [0.15, 0.2) is 6.20 Å². The van der Waals surface area contributed by atoms with Gasteiger partial charge in [0, 0.05) is 22.2 Å². The Balaban J connectivity index is 1.78. The maximum Gasteiger partial charge on any atom is 0.227 e. The molecule has 24 heavy (non-hydrogen) atoms. The van der Waals surface area contributed by atoms with Crippen molar-refractivity contribution >= 4 is 43.4 Å². The van der Waals surface area contributed by atoms with Gasteiger partial charge in [-0.3, -0.25) is 4.79 Å². The van der Waals surface area contributed by atoms with Crippen molar-refractivity contribution in [3.63, 3.8) is 0 Å². The molecule has 116 valence electrons. The van der Waals surface area contributed by atoms with Gasteiger partial charge in [0.2, 0.25) is 17.8 Å². The monoisotopic (exact) mass is 376 g/mol. The average Bonchev–Trinajstić information content (AvgIpc) is 2.62. The fourth-order valence-corrected chi connectivity index (χ4v) is 3.32. The van der Waals surface area contributed by atoms with Crippen LogP contribution in [0.5, 0.6) is 0 Å². The Morgan fingerprint density at radius 3 is 2.42 bits per heavy atom. The molecule has 0 aliphatic carbocycles. The quantitative estimate of drug-likeness (QED) is 0.282. The van der Waals surface area contributed by atoms with Crippen molar-refractivity contribution in [2.75, 3.05) is 0 Å². The number of aromatic nitrogens is 1. The molecule has 0 radical (unpaired) electrons. The molecule has 0 N–H and O–H groups in total. The van der Waals surface area contributed by atoms with Crippen LogP contribution in [0.4, 0.5) is 0 Å². The second-order valence-electron chi connectivity index (χ2n) is 5.79. The number of benzene rings is 3. The van der Waals surface area contributed by atoms with Gasteiger partial charge in [0.25, 0.3) is 0 Å². The summed E-state index contributed by atoms with van der Waals surface area (Å²) in [5.74, 6) is 0.105. The Kier molecular flexibility index (Phi) is 3.87. The van der Waals surface area contributed by atoms with Gasteiger partial charge in [0.1, 0.15) is 0 Å². The molecule has 1 heterocycles. The van der Waals surface area contributed by atoms with Crippen molar-refractivity contribution in [2.45, 2.75) is 6.54 Å². The first-order valence-electron chi connectivity index (χ1n) is 7.81. The van der Waals surface area contributed by atoms with Gasteiger partial charge in [-0.15, -0.1) is 0 Å². The Labute approximate surface area is 148 Å². The number of fused-ring (bicyclic) bond motifs is 3. The van der Waals surface area contributed by atoms with E-state index in [-0.39, 0.29) is 5.78 Å². The Hall–Kier alpha value is -2.52. The van der Waals surface area contributed by atoms with Gasteiger partial charge in [-0.25, -0.2) is 0 Å². The first kappa shape index (κ1) is 15.0. The smallest absolute Gasteiger partial charge is 0.227 e. The van der Waals surface area contributed by atoms with Crippen LogP contribution in [0.3, 0.4) is 0 Å². The van der Waals surface area contributed by atoms with Crippen LogP contribution in [0.15, 0.2) is 83.5 Å². The minimum absolute atomic E-state index is 0.105. The lowest BCUT2D eigenvalue weighted by molar-refractivity contribution is -0.657. The highest BCUT2D eigenvalue weighted by atomic mass is 79.9. The summed E-state index contributed by atoms with van der Waals surface area (Å²) in [6.45, 7) is 0.331. The lowest BCUT2D eigenvalue weighted by atomic mass is 10.0. The van der Waals surface area contributed by atoms with E-state index in [1.807, 2.05) is 53.2 Å². The fourth-order valence-electron chi connectivity index (χ4n) is 3.05. The lowest BCUT2D eigenvalue weighted by Gasteiger charge is -2.05.